The molecule has 0 spiro atoms. The fourth-order valence-electron chi connectivity index (χ4n) is 4.15. The fourth-order valence-corrected chi connectivity index (χ4v) is 4.15. The number of ether oxygens (including phenoxy) is 1. The van der Waals surface area contributed by atoms with Crippen molar-refractivity contribution in [3.63, 3.8) is 0 Å². The van der Waals surface area contributed by atoms with Crippen molar-refractivity contribution in [3.8, 4) is 22.9 Å². The SMILES string of the molecule is CCCCCCOc1ccc(-c2ccc(CCC3CC[CH]CC3)cc2)cc1C#N. The molecule has 1 aliphatic carbocycles. The number of nitrogens with zero attached hydrogens (tertiary/aromatic N) is 1. The van der Waals surface area contributed by atoms with Crippen LogP contribution in [0.5, 0.6) is 5.75 Å². The Kier molecular flexibility index (Phi) is 8.62. The monoisotopic (exact) mass is 388 g/mol. The molecule has 0 unspecified atom stereocenters. The Hall–Kier alpha value is -2.27. The number of aryl methyl sites for hydroxylation is 1. The Balaban J connectivity index is 1.57. The zero-order valence-electron chi connectivity index (χ0n) is 17.8. The predicted octanol–water partition coefficient (Wildman–Crippen LogP) is 7.51. The third kappa shape index (κ3) is 6.64. The summed E-state index contributed by atoms with van der Waals surface area (Å²) in [4.78, 5) is 0. The van der Waals surface area contributed by atoms with Crippen LogP contribution in [0.1, 0.15) is 75.8 Å². The van der Waals surface area contributed by atoms with Crippen LogP contribution in [0.2, 0.25) is 0 Å². The van der Waals surface area contributed by atoms with E-state index in [1.807, 2.05) is 12.1 Å². The van der Waals surface area contributed by atoms with Crippen LogP contribution in [-0.2, 0) is 6.42 Å². The molecule has 0 aromatic heterocycles. The second-order valence-electron chi connectivity index (χ2n) is 8.28. The number of hydrogen-bond donors (Lipinski definition) is 0. The van der Waals surface area contributed by atoms with Crippen LogP contribution in [0, 0.1) is 23.7 Å². The van der Waals surface area contributed by atoms with E-state index in [-0.39, 0.29) is 0 Å². The fraction of sp³-hybridized carbons (Fsp3) is 0.481. The minimum atomic E-state index is 0.621. The van der Waals surface area contributed by atoms with E-state index in [0.29, 0.717) is 17.9 Å². The largest absolute Gasteiger partial charge is 0.492 e. The molecule has 1 radical (unpaired) electrons. The number of benzene rings is 2. The van der Waals surface area contributed by atoms with Gasteiger partial charge in [0.1, 0.15) is 11.8 Å². The highest BCUT2D eigenvalue weighted by Crippen LogP contribution is 2.29. The van der Waals surface area contributed by atoms with Gasteiger partial charge < -0.3 is 4.74 Å². The molecule has 0 N–H and O–H groups in total. The van der Waals surface area contributed by atoms with Crippen LogP contribution in [0.3, 0.4) is 0 Å². The molecule has 0 aliphatic heterocycles. The van der Waals surface area contributed by atoms with Gasteiger partial charge in [-0.1, -0.05) is 69.4 Å². The van der Waals surface area contributed by atoms with E-state index in [2.05, 4.69) is 49.7 Å². The Morgan fingerprint density at radius 3 is 2.45 bits per heavy atom. The van der Waals surface area contributed by atoms with E-state index in [9.17, 15) is 5.26 Å². The summed E-state index contributed by atoms with van der Waals surface area (Å²) in [6.45, 7) is 2.89. The van der Waals surface area contributed by atoms with Gasteiger partial charge in [0.05, 0.1) is 12.2 Å². The van der Waals surface area contributed by atoms with Gasteiger partial charge in [-0.2, -0.15) is 5.26 Å². The van der Waals surface area contributed by atoms with Gasteiger partial charge >= 0.3 is 0 Å². The first-order chi connectivity index (χ1) is 14.3. The van der Waals surface area contributed by atoms with Crippen molar-refractivity contribution >= 4 is 0 Å². The quantitative estimate of drug-likeness (QED) is 0.394. The lowest BCUT2D eigenvalue weighted by atomic mass is 9.85. The van der Waals surface area contributed by atoms with Crippen molar-refractivity contribution in [2.24, 2.45) is 5.92 Å². The summed E-state index contributed by atoms with van der Waals surface area (Å²) in [6, 6.07) is 17.1. The van der Waals surface area contributed by atoms with Crippen molar-refractivity contribution in [1.29, 1.82) is 5.26 Å². The Bertz CT molecular complexity index is 781. The van der Waals surface area contributed by atoms with E-state index < -0.39 is 0 Å². The molecule has 1 fully saturated rings. The molecule has 0 saturated heterocycles. The van der Waals surface area contributed by atoms with Gasteiger partial charge in [-0.3, -0.25) is 0 Å². The molecule has 3 rings (SSSR count). The lowest BCUT2D eigenvalue weighted by molar-refractivity contribution is 0.304. The second-order valence-corrected chi connectivity index (χ2v) is 8.28. The van der Waals surface area contributed by atoms with Crippen molar-refractivity contribution in [2.75, 3.05) is 6.61 Å². The molecule has 2 heteroatoms. The highest BCUT2D eigenvalue weighted by Gasteiger charge is 2.13. The molecule has 0 bridgehead atoms. The number of unbranched alkanes of at least 4 members (excludes halogenated alkanes) is 3. The van der Waals surface area contributed by atoms with E-state index >= 15 is 0 Å². The predicted molar refractivity (Wildman–Crippen MR) is 121 cm³/mol. The van der Waals surface area contributed by atoms with Crippen molar-refractivity contribution in [1.82, 2.24) is 0 Å². The second kappa shape index (κ2) is 11.7. The smallest absolute Gasteiger partial charge is 0.137 e. The standard InChI is InChI=1S/C27H34NO/c1-2-3-4-8-19-29-27-18-17-25(20-26(27)21-28)24-15-13-23(14-16-24)12-11-22-9-6-5-7-10-22/h5,13-18,20,22H,2-4,6-12,19H2,1H3. The lowest BCUT2D eigenvalue weighted by Crippen LogP contribution is -2.07. The summed E-state index contributed by atoms with van der Waals surface area (Å²) in [5, 5.41) is 9.54. The Labute approximate surface area is 176 Å². The summed E-state index contributed by atoms with van der Waals surface area (Å²) in [5.74, 6) is 1.60. The summed E-state index contributed by atoms with van der Waals surface area (Å²) in [7, 11) is 0. The Morgan fingerprint density at radius 2 is 1.72 bits per heavy atom. The van der Waals surface area contributed by atoms with Crippen LogP contribution >= 0.6 is 0 Å². The lowest BCUT2D eigenvalue weighted by Gasteiger charge is -2.21. The van der Waals surface area contributed by atoms with Crippen LogP contribution < -0.4 is 4.74 Å². The van der Waals surface area contributed by atoms with Gasteiger partial charge in [0.15, 0.2) is 0 Å². The molecule has 2 aromatic rings. The number of nitriles is 1. The minimum Gasteiger partial charge on any atom is -0.492 e. The molecule has 153 valence electrons. The molecule has 0 amide bonds. The molecule has 1 aliphatic rings. The van der Waals surface area contributed by atoms with Gasteiger partial charge in [0.25, 0.3) is 0 Å². The van der Waals surface area contributed by atoms with Crippen LogP contribution in [-0.4, -0.2) is 6.61 Å². The summed E-state index contributed by atoms with van der Waals surface area (Å²) < 4.78 is 5.85. The first-order valence-corrected chi connectivity index (χ1v) is 11.4. The van der Waals surface area contributed by atoms with E-state index in [1.54, 1.807) is 0 Å². The first kappa shape index (κ1) is 21.4. The molecule has 2 nitrogen and oxygen atoms in total. The number of hydrogen-bond acceptors (Lipinski definition) is 2. The zero-order valence-corrected chi connectivity index (χ0v) is 17.8. The molecule has 29 heavy (non-hydrogen) atoms. The van der Waals surface area contributed by atoms with E-state index in [1.165, 1.54) is 63.4 Å². The van der Waals surface area contributed by atoms with Crippen molar-refractivity contribution in [3.05, 3.63) is 60.0 Å². The molecule has 0 atom stereocenters. The highest BCUT2D eigenvalue weighted by molar-refractivity contribution is 5.67. The topological polar surface area (TPSA) is 33.0 Å². The van der Waals surface area contributed by atoms with Crippen LogP contribution in [0.15, 0.2) is 42.5 Å². The van der Waals surface area contributed by atoms with E-state index in [0.717, 1.165) is 23.5 Å². The summed E-state index contributed by atoms with van der Waals surface area (Å²) in [6.07, 6.45) is 14.9. The van der Waals surface area contributed by atoms with Crippen LogP contribution in [0.4, 0.5) is 0 Å². The Morgan fingerprint density at radius 1 is 0.966 bits per heavy atom. The molecule has 2 aromatic carbocycles. The third-order valence-electron chi connectivity index (χ3n) is 6.04. The minimum absolute atomic E-state index is 0.621. The maximum absolute atomic E-state index is 9.54. The van der Waals surface area contributed by atoms with Gasteiger partial charge in [0.2, 0.25) is 0 Å². The van der Waals surface area contributed by atoms with Crippen molar-refractivity contribution in [2.45, 2.75) is 71.1 Å². The van der Waals surface area contributed by atoms with Gasteiger partial charge in [-0.25, -0.2) is 0 Å². The zero-order chi connectivity index (χ0) is 20.3. The summed E-state index contributed by atoms with van der Waals surface area (Å²) >= 11 is 0. The molecule has 1 saturated carbocycles. The maximum atomic E-state index is 9.54. The average Bonchev–Trinajstić information content (AvgIpc) is 2.78. The van der Waals surface area contributed by atoms with Crippen LogP contribution in [0.25, 0.3) is 11.1 Å². The maximum Gasteiger partial charge on any atom is 0.137 e. The van der Waals surface area contributed by atoms with Gasteiger partial charge in [-0.05, 0) is 73.3 Å². The molecular weight excluding hydrogens is 354 g/mol. The first-order valence-electron chi connectivity index (χ1n) is 11.4. The highest BCUT2D eigenvalue weighted by atomic mass is 16.5. The molecular formula is C27H34NO. The third-order valence-corrected chi connectivity index (χ3v) is 6.04. The van der Waals surface area contributed by atoms with E-state index in [4.69, 9.17) is 4.74 Å². The normalized spacial score (nSPS) is 14.5. The molecule has 0 heterocycles. The number of rotatable bonds is 10. The summed E-state index contributed by atoms with van der Waals surface area (Å²) in [5.41, 5.74) is 4.27. The van der Waals surface area contributed by atoms with Gasteiger partial charge in [0, 0.05) is 0 Å². The average molecular weight is 389 g/mol. The van der Waals surface area contributed by atoms with Gasteiger partial charge in [-0.15, -0.1) is 0 Å². The van der Waals surface area contributed by atoms with Crippen molar-refractivity contribution < 1.29 is 4.74 Å².